The summed E-state index contributed by atoms with van der Waals surface area (Å²) in [5.74, 6) is -0.0103. The largest absolute Gasteiger partial charge is 0.378 e. The Kier molecular flexibility index (Phi) is 4.58. The lowest BCUT2D eigenvalue weighted by molar-refractivity contribution is -0.133. The molecule has 5 nitrogen and oxygen atoms in total. The van der Waals surface area contributed by atoms with Gasteiger partial charge in [-0.25, -0.2) is 0 Å². The van der Waals surface area contributed by atoms with E-state index in [1.54, 1.807) is 11.8 Å². The minimum absolute atomic E-state index is 0.0247. The Bertz CT molecular complexity index is 313. The first kappa shape index (κ1) is 13.3. The van der Waals surface area contributed by atoms with Crippen molar-refractivity contribution in [1.82, 2.24) is 10.2 Å². The fraction of sp³-hybridized carbons (Fsp3) is 0.846. The highest BCUT2D eigenvalue weighted by atomic mass is 16.5. The van der Waals surface area contributed by atoms with Crippen LogP contribution in [0.1, 0.15) is 39.0 Å². The van der Waals surface area contributed by atoms with Crippen molar-refractivity contribution in [2.75, 3.05) is 19.7 Å². The number of hydrogen-bond donors (Lipinski definition) is 1. The van der Waals surface area contributed by atoms with Crippen molar-refractivity contribution in [3.63, 3.8) is 0 Å². The van der Waals surface area contributed by atoms with Gasteiger partial charge in [-0.05, 0) is 32.6 Å². The molecule has 18 heavy (non-hydrogen) atoms. The number of carbonyl (C=O) groups is 2. The summed E-state index contributed by atoms with van der Waals surface area (Å²) >= 11 is 0. The lowest BCUT2D eigenvalue weighted by Gasteiger charge is -2.27. The van der Waals surface area contributed by atoms with E-state index in [2.05, 4.69) is 5.32 Å². The summed E-state index contributed by atoms with van der Waals surface area (Å²) in [6, 6.07) is -0.396. The zero-order valence-corrected chi connectivity index (χ0v) is 11.0. The van der Waals surface area contributed by atoms with Crippen LogP contribution in [0.25, 0.3) is 0 Å². The van der Waals surface area contributed by atoms with E-state index in [1.807, 2.05) is 0 Å². The topological polar surface area (TPSA) is 58.6 Å². The van der Waals surface area contributed by atoms with Crippen LogP contribution >= 0.6 is 0 Å². The van der Waals surface area contributed by atoms with Crippen LogP contribution in [0, 0.1) is 0 Å². The summed E-state index contributed by atoms with van der Waals surface area (Å²) in [5.41, 5.74) is 0. The van der Waals surface area contributed by atoms with Crippen LogP contribution in [0.3, 0.4) is 0 Å². The van der Waals surface area contributed by atoms with E-state index < -0.39 is 6.04 Å². The Morgan fingerprint density at radius 2 is 2.22 bits per heavy atom. The first-order valence-corrected chi connectivity index (χ1v) is 6.86. The maximum atomic E-state index is 12.0. The number of hydrogen-bond acceptors (Lipinski definition) is 3. The van der Waals surface area contributed by atoms with E-state index in [4.69, 9.17) is 4.74 Å². The average molecular weight is 254 g/mol. The highest BCUT2D eigenvalue weighted by Crippen LogP contribution is 2.16. The second-order valence-corrected chi connectivity index (χ2v) is 5.14. The Morgan fingerprint density at radius 1 is 1.39 bits per heavy atom. The van der Waals surface area contributed by atoms with Gasteiger partial charge in [0, 0.05) is 26.1 Å². The smallest absolute Gasteiger partial charge is 0.244 e. The zero-order chi connectivity index (χ0) is 13.0. The molecule has 2 amide bonds. The highest BCUT2D eigenvalue weighted by Gasteiger charge is 2.27. The minimum Gasteiger partial charge on any atom is -0.378 e. The second-order valence-electron chi connectivity index (χ2n) is 5.14. The lowest BCUT2D eigenvalue weighted by Crippen LogP contribution is -2.43. The van der Waals surface area contributed by atoms with Crippen LogP contribution in [-0.2, 0) is 14.3 Å². The van der Waals surface area contributed by atoms with E-state index >= 15 is 0 Å². The first-order chi connectivity index (χ1) is 8.66. The van der Waals surface area contributed by atoms with Crippen LogP contribution < -0.4 is 5.32 Å². The van der Waals surface area contributed by atoms with Gasteiger partial charge >= 0.3 is 0 Å². The van der Waals surface area contributed by atoms with Crippen LogP contribution in [0.2, 0.25) is 0 Å². The van der Waals surface area contributed by atoms with Crippen LogP contribution in [0.4, 0.5) is 0 Å². The maximum Gasteiger partial charge on any atom is 0.244 e. The van der Waals surface area contributed by atoms with Crippen LogP contribution in [0.15, 0.2) is 0 Å². The molecule has 2 rings (SSSR count). The van der Waals surface area contributed by atoms with Gasteiger partial charge in [0.1, 0.15) is 6.04 Å². The number of nitrogens with zero attached hydrogens (tertiary/aromatic N) is 1. The molecule has 0 aliphatic carbocycles. The van der Waals surface area contributed by atoms with Crippen molar-refractivity contribution in [2.45, 2.75) is 51.2 Å². The molecule has 2 heterocycles. The minimum atomic E-state index is -0.396. The number of carbonyl (C=O) groups excluding carboxylic acids is 2. The van der Waals surface area contributed by atoms with Gasteiger partial charge in [0.2, 0.25) is 11.8 Å². The predicted octanol–water partition coefficient (Wildman–Crippen LogP) is 0.683. The van der Waals surface area contributed by atoms with Gasteiger partial charge in [0.15, 0.2) is 0 Å². The van der Waals surface area contributed by atoms with Gasteiger partial charge in [0.25, 0.3) is 0 Å². The fourth-order valence-electron chi connectivity index (χ4n) is 2.55. The fourth-order valence-corrected chi connectivity index (χ4v) is 2.55. The Labute approximate surface area is 108 Å². The molecule has 0 aromatic carbocycles. The summed E-state index contributed by atoms with van der Waals surface area (Å²) in [7, 11) is 0. The molecule has 0 spiro atoms. The Hall–Kier alpha value is -1.10. The Balaban J connectivity index is 1.83. The van der Waals surface area contributed by atoms with Crippen molar-refractivity contribution in [3.8, 4) is 0 Å². The summed E-state index contributed by atoms with van der Waals surface area (Å²) in [6.45, 7) is 3.81. The molecular weight excluding hydrogens is 232 g/mol. The third-order valence-corrected chi connectivity index (χ3v) is 3.66. The molecule has 2 unspecified atom stereocenters. The molecule has 2 saturated heterocycles. The molecule has 2 aliphatic rings. The molecule has 2 atom stereocenters. The van der Waals surface area contributed by atoms with Gasteiger partial charge < -0.3 is 15.0 Å². The molecule has 2 aliphatic heterocycles. The van der Waals surface area contributed by atoms with Gasteiger partial charge in [-0.3, -0.25) is 9.59 Å². The summed E-state index contributed by atoms with van der Waals surface area (Å²) in [4.78, 5) is 25.2. The second kappa shape index (κ2) is 6.18. The van der Waals surface area contributed by atoms with Crippen molar-refractivity contribution < 1.29 is 14.3 Å². The van der Waals surface area contributed by atoms with Crippen molar-refractivity contribution in [1.29, 1.82) is 0 Å². The van der Waals surface area contributed by atoms with Gasteiger partial charge in [-0.2, -0.15) is 0 Å². The molecule has 102 valence electrons. The number of amides is 2. The number of nitrogens with one attached hydrogen (secondary N) is 1. The number of rotatable bonds is 3. The summed E-state index contributed by atoms with van der Waals surface area (Å²) in [6.07, 6.45) is 5.03. The average Bonchev–Trinajstić information content (AvgIpc) is 2.50. The molecule has 2 fully saturated rings. The van der Waals surface area contributed by atoms with Gasteiger partial charge in [-0.1, -0.05) is 0 Å². The molecule has 0 bridgehead atoms. The van der Waals surface area contributed by atoms with Crippen LogP contribution in [0.5, 0.6) is 0 Å². The zero-order valence-electron chi connectivity index (χ0n) is 11.0. The Morgan fingerprint density at radius 3 is 2.94 bits per heavy atom. The molecule has 1 N–H and O–H groups in total. The molecule has 0 saturated carbocycles. The predicted molar refractivity (Wildman–Crippen MR) is 67.0 cm³/mol. The van der Waals surface area contributed by atoms with Crippen molar-refractivity contribution in [3.05, 3.63) is 0 Å². The third-order valence-electron chi connectivity index (χ3n) is 3.66. The lowest BCUT2D eigenvalue weighted by atomic mass is 10.1. The van der Waals surface area contributed by atoms with Crippen molar-refractivity contribution >= 4 is 11.8 Å². The van der Waals surface area contributed by atoms with Gasteiger partial charge in [0.05, 0.1) is 6.10 Å². The maximum absolute atomic E-state index is 12.0. The first-order valence-electron chi connectivity index (χ1n) is 6.86. The third kappa shape index (κ3) is 3.45. The van der Waals surface area contributed by atoms with E-state index in [-0.39, 0.29) is 17.9 Å². The highest BCUT2D eigenvalue weighted by molar-refractivity contribution is 5.89. The molecule has 5 heteroatoms. The molecular formula is C13H22N2O3. The number of ether oxygens (including phenoxy) is 1. The summed E-state index contributed by atoms with van der Waals surface area (Å²) in [5, 5.41) is 2.70. The monoisotopic (exact) mass is 254 g/mol. The van der Waals surface area contributed by atoms with E-state index in [9.17, 15) is 9.59 Å². The molecule has 0 aromatic rings. The molecule has 0 aromatic heterocycles. The quantitative estimate of drug-likeness (QED) is 0.806. The normalized spacial score (nSPS) is 29.9. The SMILES string of the molecule is CC1NC(=O)CCN(CCC2CCCCO2)C1=O. The van der Waals surface area contributed by atoms with Crippen molar-refractivity contribution in [2.24, 2.45) is 0 Å². The van der Waals surface area contributed by atoms with E-state index in [0.29, 0.717) is 19.5 Å². The molecule has 0 radical (unpaired) electrons. The van der Waals surface area contributed by atoms with Gasteiger partial charge in [-0.15, -0.1) is 0 Å². The van der Waals surface area contributed by atoms with E-state index in [0.717, 1.165) is 25.9 Å². The summed E-state index contributed by atoms with van der Waals surface area (Å²) < 4.78 is 5.66. The standard InChI is InChI=1S/C13H22N2O3/c1-10-13(17)15(8-6-12(16)14-10)7-5-11-4-2-3-9-18-11/h10-11H,2-9H2,1H3,(H,14,16). The van der Waals surface area contributed by atoms with E-state index in [1.165, 1.54) is 6.42 Å². The van der Waals surface area contributed by atoms with Crippen LogP contribution in [-0.4, -0.2) is 48.6 Å².